The van der Waals surface area contributed by atoms with Crippen LogP contribution in [0, 0.1) is 0 Å². The predicted octanol–water partition coefficient (Wildman–Crippen LogP) is 1.88. The van der Waals surface area contributed by atoms with Crippen molar-refractivity contribution in [1.29, 1.82) is 0 Å². The number of amides is 1. The van der Waals surface area contributed by atoms with Gasteiger partial charge in [0.2, 0.25) is 5.91 Å². The summed E-state index contributed by atoms with van der Waals surface area (Å²) in [6.45, 7) is -0.441. The van der Waals surface area contributed by atoms with Crippen molar-refractivity contribution in [3.05, 3.63) is 46.6 Å². The number of nitrogens with one attached hydrogen (secondary N) is 1. The van der Waals surface area contributed by atoms with Crippen LogP contribution >= 0.6 is 11.6 Å². The normalized spacial score (nSPS) is 12.7. The van der Waals surface area contributed by atoms with E-state index in [1.807, 2.05) is 0 Å². The summed E-state index contributed by atoms with van der Waals surface area (Å²) < 4.78 is 5.06. The molecule has 27 heavy (non-hydrogen) atoms. The van der Waals surface area contributed by atoms with Crippen LogP contribution < -0.4 is 10.2 Å². The van der Waals surface area contributed by atoms with E-state index in [1.165, 1.54) is 4.90 Å². The third-order valence-corrected chi connectivity index (χ3v) is 4.26. The van der Waals surface area contributed by atoms with Crippen molar-refractivity contribution in [3.63, 3.8) is 0 Å². The van der Waals surface area contributed by atoms with E-state index in [4.69, 9.17) is 16.3 Å². The molecule has 1 aliphatic heterocycles. The minimum atomic E-state index is -0.562. The van der Waals surface area contributed by atoms with Crippen molar-refractivity contribution in [2.45, 2.75) is 12.8 Å². The van der Waals surface area contributed by atoms with Gasteiger partial charge in [-0.25, -0.2) is 0 Å². The standard InChI is InChI=1S/C18H17ClN4O4/c1-23(16-6-5-15(19)21-22-16)9-18(26)27-10-14(24)12-2-4-13-11(8-12)3-7-17(25)20-13/h2,4-6,8H,3,7,9-10H2,1H3,(H,20,25). The van der Waals surface area contributed by atoms with Crippen LogP contribution in [0.25, 0.3) is 0 Å². The largest absolute Gasteiger partial charge is 0.456 e. The Labute approximate surface area is 160 Å². The number of nitrogens with zero attached hydrogens (tertiary/aromatic N) is 3. The van der Waals surface area contributed by atoms with E-state index in [2.05, 4.69) is 15.5 Å². The van der Waals surface area contributed by atoms with Crippen LogP contribution in [0.4, 0.5) is 11.5 Å². The van der Waals surface area contributed by atoms with Gasteiger partial charge in [-0.2, -0.15) is 0 Å². The first-order valence-electron chi connectivity index (χ1n) is 8.24. The zero-order valence-electron chi connectivity index (χ0n) is 14.6. The molecule has 0 spiro atoms. The van der Waals surface area contributed by atoms with Crippen LogP contribution in [-0.2, 0) is 20.7 Å². The van der Waals surface area contributed by atoms with Gasteiger partial charge in [-0.3, -0.25) is 14.4 Å². The molecule has 1 aromatic carbocycles. The van der Waals surface area contributed by atoms with E-state index in [0.717, 1.165) is 5.56 Å². The molecule has 0 atom stereocenters. The molecule has 0 aliphatic carbocycles. The summed E-state index contributed by atoms with van der Waals surface area (Å²) in [4.78, 5) is 37.2. The van der Waals surface area contributed by atoms with Crippen molar-refractivity contribution in [3.8, 4) is 0 Å². The van der Waals surface area contributed by atoms with E-state index in [9.17, 15) is 14.4 Å². The number of esters is 1. The Morgan fingerprint density at radius 1 is 1.22 bits per heavy atom. The first-order valence-corrected chi connectivity index (χ1v) is 8.62. The number of ketones is 1. The fraction of sp³-hybridized carbons (Fsp3) is 0.278. The molecule has 1 N–H and O–H groups in total. The monoisotopic (exact) mass is 388 g/mol. The molecule has 8 nitrogen and oxygen atoms in total. The molecule has 0 saturated carbocycles. The molecular weight excluding hydrogens is 372 g/mol. The quantitative estimate of drug-likeness (QED) is 0.595. The number of hydrogen-bond acceptors (Lipinski definition) is 7. The highest BCUT2D eigenvalue weighted by Gasteiger charge is 2.18. The van der Waals surface area contributed by atoms with Crippen molar-refractivity contribution >= 4 is 40.8 Å². The molecule has 0 saturated heterocycles. The van der Waals surface area contributed by atoms with Gasteiger partial charge in [0.1, 0.15) is 6.54 Å². The number of Topliss-reactive ketones (excluding diaryl/α,β-unsaturated/α-hetero) is 1. The Morgan fingerprint density at radius 2 is 2.04 bits per heavy atom. The number of benzene rings is 1. The number of aryl methyl sites for hydroxylation is 1. The van der Waals surface area contributed by atoms with E-state index in [0.29, 0.717) is 29.9 Å². The van der Waals surface area contributed by atoms with Gasteiger partial charge >= 0.3 is 5.97 Å². The van der Waals surface area contributed by atoms with Gasteiger partial charge in [-0.15, -0.1) is 10.2 Å². The van der Waals surface area contributed by atoms with E-state index in [-0.39, 0.29) is 30.0 Å². The highest BCUT2D eigenvalue weighted by atomic mass is 35.5. The summed E-state index contributed by atoms with van der Waals surface area (Å²) in [5.41, 5.74) is 2.05. The number of anilines is 2. The number of hydrogen-bond donors (Lipinski definition) is 1. The Hall–Kier alpha value is -3.00. The minimum absolute atomic E-state index is 0.0370. The van der Waals surface area contributed by atoms with Gasteiger partial charge < -0.3 is 15.0 Å². The lowest BCUT2D eigenvalue weighted by Gasteiger charge is -2.17. The van der Waals surface area contributed by atoms with Crippen molar-refractivity contribution in [2.24, 2.45) is 0 Å². The number of rotatable bonds is 6. The molecule has 1 aliphatic rings. The molecule has 9 heteroatoms. The van der Waals surface area contributed by atoms with E-state index < -0.39 is 5.97 Å². The maximum absolute atomic E-state index is 12.3. The minimum Gasteiger partial charge on any atom is -0.456 e. The summed E-state index contributed by atoms with van der Waals surface area (Å²) in [5.74, 6) is -0.450. The smallest absolute Gasteiger partial charge is 0.326 e. The molecule has 1 aromatic heterocycles. The van der Waals surface area contributed by atoms with Crippen molar-refractivity contribution in [2.75, 3.05) is 30.4 Å². The number of aromatic nitrogens is 2. The Morgan fingerprint density at radius 3 is 2.78 bits per heavy atom. The van der Waals surface area contributed by atoms with E-state index >= 15 is 0 Å². The number of likely N-dealkylation sites (N-methyl/N-ethyl adjacent to an activating group) is 1. The summed E-state index contributed by atoms with van der Waals surface area (Å²) >= 11 is 5.67. The van der Waals surface area contributed by atoms with Crippen LogP contribution in [0.1, 0.15) is 22.3 Å². The molecule has 0 bridgehead atoms. The summed E-state index contributed by atoms with van der Waals surface area (Å²) in [6, 6.07) is 8.21. The third-order valence-electron chi connectivity index (χ3n) is 4.06. The molecule has 0 radical (unpaired) electrons. The fourth-order valence-corrected chi connectivity index (χ4v) is 2.72. The number of ether oxygens (including phenoxy) is 1. The van der Waals surface area contributed by atoms with Gasteiger partial charge in [-0.1, -0.05) is 11.6 Å². The molecule has 0 fully saturated rings. The summed E-state index contributed by atoms with van der Waals surface area (Å²) in [7, 11) is 1.65. The average Bonchev–Trinajstić information content (AvgIpc) is 2.66. The van der Waals surface area contributed by atoms with Gasteiger partial charge in [0, 0.05) is 24.7 Å². The van der Waals surface area contributed by atoms with Crippen molar-refractivity contribution in [1.82, 2.24) is 10.2 Å². The number of halogens is 1. The molecule has 1 amide bonds. The fourth-order valence-electron chi connectivity index (χ4n) is 2.62. The van der Waals surface area contributed by atoms with Gasteiger partial charge in [0.25, 0.3) is 0 Å². The Bertz CT molecular complexity index is 885. The average molecular weight is 389 g/mol. The van der Waals surface area contributed by atoms with Gasteiger partial charge in [0.15, 0.2) is 23.4 Å². The Balaban J connectivity index is 1.53. The molecule has 3 rings (SSSR count). The topological polar surface area (TPSA) is 101 Å². The zero-order valence-corrected chi connectivity index (χ0v) is 15.3. The maximum Gasteiger partial charge on any atom is 0.326 e. The first kappa shape index (κ1) is 18.8. The summed E-state index contributed by atoms with van der Waals surface area (Å²) in [6.07, 6.45) is 0.967. The number of fused-ring (bicyclic) bond motifs is 1. The maximum atomic E-state index is 12.3. The van der Waals surface area contributed by atoms with Gasteiger partial charge in [0.05, 0.1) is 0 Å². The Kier molecular flexibility index (Phi) is 5.66. The van der Waals surface area contributed by atoms with E-state index in [1.54, 1.807) is 37.4 Å². The number of carbonyl (C=O) groups excluding carboxylic acids is 3. The molecular formula is C18H17ClN4O4. The molecule has 140 valence electrons. The highest BCUT2D eigenvalue weighted by molar-refractivity contribution is 6.29. The van der Waals surface area contributed by atoms with Crippen LogP contribution in [0.3, 0.4) is 0 Å². The first-order chi connectivity index (χ1) is 12.9. The highest BCUT2D eigenvalue weighted by Crippen LogP contribution is 2.23. The van der Waals surface area contributed by atoms with Crippen molar-refractivity contribution < 1.29 is 19.1 Å². The lowest BCUT2D eigenvalue weighted by Crippen LogP contribution is -2.29. The third kappa shape index (κ3) is 4.79. The second-order valence-corrected chi connectivity index (χ2v) is 6.46. The number of carbonyl (C=O) groups is 3. The second kappa shape index (κ2) is 8.13. The second-order valence-electron chi connectivity index (χ2n) is 6.07. The van der Waals surface area contributed by atoms with Gasteiger partial charge in [-0.05, 0) is 42.3 Å². The van der Waals surface area contributed by atoms with Crippen LogP contribution in [0.2, 0.25) is 5.15 Å². The zero-order chi connectivity index (χ0) is 19.4. The van der Waals surface area contributed by atoms with Crippen LogP contribution in [-0.4, -0.2) is 48.1 Å². The lowest BCUT2D eigenvalue weighted by molar-refractivity contribution is -0.140. The SMILES string of the molecule is CN(CC(=O)OCC(=O)c1ccc2c(c1)CCC(=O)N2)c1ccc(Cl)nn1. The molecule has 2 aromatic rings. The van der Waals surface area contributed by atoms with Crippen LogP contribution in [0.15, 0.2) is 30.3 Å². The molecule has 2 heterocycles. The summed E-state index contributed by atoms with van der Waals surface area (Å²) in [5, 5.41) is 10.6. The van der Waals surface area contributed by atoms with Crippen LogP contribution in [0.5, 0.6) is 0 Å². The predicted molar refractivity (Wildman–Crippen MR) is 99.0 cm³/mol. The molecule has 0 unspecified atom stereocenters. The lowest BCUT2D eigenvalue weighted by atomic mass is 9.99.